The fourth-order valence-corrected chi connectivity index (χ4v) is 3.66. The minimum absolute atomic E-state index is 0.218. The van der Waals surface area contributed by atoms with Crippen molar-refractivity contribution in [1.82, 2.24) is 9.80 Å². The molecule has 0 atom stereocenters. The summed E-state index contributed by atoms with van der Waals surface area (Å²) in [5.41, 5.74) is 3.99. The van der Waals surface area contributed by atoms with Crippen LogP contribution in [0.3, 0.4) is 0 Å². The summed E-state index contributed by atoms with van der Waals surface area (Å²) in [4.78, 5) is 30.1. The molecule has 0 fully saturated rings. The van der Waals surface area contributed by atoms with Gasteiger partial charge in [0.05, 0.1) is 5.57 Å². The Morgan fingerprint density at radius 1 is 0.933 bits per heavy atom. The molecule has 1 aliphatic rings. The van der Waals surface area contributed by atoms with Crippen LogP contribution in [-0.2, 0) is 20.9 Å². The van der Waals surface area contributed by atoms with Crippen molar-refractivity contribution < 1.29 is 14.3 Å². The molecule has 0 aromatic heterocycles. The quantitative estimate of drug-likeness (QED) is 0.442. The molecule has 0 bridgehead atoms. The van der Waals surface area contributed by atoms with Gasteiger partial charge in [-0.3, -0.25) is 14.5 Å². The van der Waals surface area contributed by atoms with E-state index in [1.165, 1.54) is 4.90 Å². The molecule has 1 heterocycles. The molecular formula is C25H30N2O3. The number of rotatable bonds is 10. The van der Waals surface area contributed by atoms with Crippen LogP contribution in [0.4, 0.5) is 0 Å². The van der Waals surface area contributed by atoms with Gasteiger partial charge in [-0.15, -0.1) is 0 Å². The molecule has 158 valence electrons. The summed E-state index contributed by atoms with van der Waals surface area (Å²) in [6.45, 7) is 8.68. The fourth-order valence-electron chi connectivity index (χ4n) is 3.66. The first-order valence-electron chi connectivity index (χ1n) is 10.6. The SMILES string of the molecule is CCOCCCN1C(=O)C(c2ccc(C)cc2)=C(N(CC)Cc2ccccc2)C1=O. The van der Waals surface area contributed by atoms with Gasteiger partial charge in [0, 0.05) is 32.8 Å². The lowest BCUT2D eigenvalue weighted by Crippen LogP contribution is -2.36. The molecule has 30 heavy (non-hydrogen) atoms. The monoisotopic (exact) mass is 406 g/mol. The predicted octanol–water partition coefficient (Wildman–Crippen LogP) is 4.02. The zero-order valence-electron chi connectivity index (χ0n) is 18.1. The number of likely N-dealkylation sites (N-methyl/N-ethyl adjacent to an activating group) is 1. The lowest BCUT2D eigenvalue weighted by Gasteiger charge is -2.25. The van der Waals surface area contributed by atoms with Gasteiger partial charge in [0.15, 0.2) is 0 Å². The molecule has 0 spiro atoms. The number of benzene rings is 2. The molecule has 0 saturated carbocycles. The Balaban J connectivity index is 1.96. The first kappa shape index (κ1) is 21.8. The van der Waals surface area contributed by atoms with Crippen LogP contribution in [0.5, 0.6) is 0 Å². The topological polar surface area (TPSA) is 49.9 Å². The summed E-state index contributed by atoms with van der Waals surface area (Å²) in [5.74, 6) is -0.438. The van der Waals surface area contributed by atoms with Gasteiger partial charge in [-0.25, -0.2) is 0 Å². The summed E-state index contributed by atoms with van der Waals surface area (Å²) in [5, 5.41) is 0. The minimum atomic E-state index is -0.220. The summed E-state index contributed by atoms with van der Waals surface area (Å²) in [6, 6.07) is 17.8. The van der Waals surface area contributed by atoms with Gasteiger partial charge in [0.1, 0.15) is 5.70 Å². The van der Waals surface area contributed by atoms with Crippen LogP contribution in [0.2, 0.25) is 0 Å². The van der Waals surface area contributed by atoms with Gasteiger partial charge in [0.25, 0.3) is 11.8 Å². The molecule has 0 unspecified atom stereocenters. The van der Waals surface area contributed by atoms with E-state index in [1.807, 2.05) is 80.3 Å². The number of ether oxygens (including phenoxy) is 1. The number of carbonyl (C=O) groups is 2. The van der Waals surface area contributed by atoms with Crippen molar-refractivity contribution in [2.24, 2.45) is 0 Å². The average Bonchev–Trinajstić information content (AvgIpc) is 3.01. The van der Waals surface area contributed by atoms with E-state index in [0.29, 0.717) is 50.5 Å². The molecule has 0 N–H and O–H groups in total. The molecule has 2 aromatic carbocycles. The van der Waals surface area contributed by atoms with E-state index in [1.54, 1.807) is 0 Å². The van der Waals surface area contributed by atoms with Crippen molar-refractivity contribution in [2.75, 3.05) is 26.3 Å². The number of aryl methyl sites for hydroxylation is 1. The molecule has 3 rings (SSSR count). The van der Waals surface area contributed by atoms with Crippen molar-refractivity contribution in [3.8, 4) is 0 Å². The maximum absolute atomic E-state index is 13.4. The molecular weight excluding hydrogens is 376 g/mol. The highest BCUT2D eigenvalue weighted by molar-refractivity contribution is 6.35. The van der Waals surface area contributed by atoms with E-state index in [-0.39, 0.29) is 11.8 Å². The van der Waals surface area contributed by atoms with Crippen molar-refractivity contribution in [2.45, 2.75) is 33.7 Å². The summed E-state index contributed by atoms with van der Waals surface area (Å²) in [7, 11) is 0. The first-order valence-corrected chi connectivity index (χ1v) is 10.6. The molecule has 2 amide bonds. The van der Waals surface area contributed by atoms with E-state index < -0.39 is 0 Å². The fraction of sp³-hybridized carbons (Fsp3) is 0.360. The van der Waals surface area contributed by atoms with Gasteiger partial charge < -0.3 is 9.64 Å². The first-order chi connectivity index (χ1) is 14.6. The van der Waals surface area contributed by atoms with E-state index >= 15 is 0 Å². The largest absolute Gasteiger partial charge is 0.382 e. The molecule has 0 radical (unpaired) electrons. The van der Waals surface area contributed by atoms with Crippen LogP contribution in [0.15, 0.2) is 60.3 Å². The molecule has 0 saturated heterocycles. The van der Waals surface area contributed by atoms with Crippen LogP contribution in [0, 0.1) is 6.92 Å². The lowest BCUT2D eigenvalue weighted by atomic mass is 10.0. The summed E-state index contributed by atoms with van der Waals surface area (Å²) in [6.07, 6.45) is 0.630. The Kier molecular flexibility index (Phi) is 7.41. The van der Waals surface area contributed by atoms with Crippen LogP contribution in [0.25, 0.3) is 5.57 Å². The van der Waals surface area contributed by atoms with Crippen LogP contribution >= 0.6 is 0 Å². The van der Waals surface area contributed by atoms with Gasteiger partial charge >= 0.3 is 0 Å². The Morgan fingerprint density at radius 3 is 2.27 bits per heavy atom. The van der Waals surface area contributed by atoms with Gasteiger partial charge in [-0.05, 0) is 38.3 Å². The maximum atomic E-state index is 13.4. The van der Waals surface area contributed by atoms with Crippen molar-refractivity contribution in [1.29, 1.82) is 0 Å². The Bertz CT molecular complexity index is 904. The second-order valence-corrected chi connectivity index (χ2v) is 7.40. The number of nitrogens with zero attached hydrogens (tertiary/aromatic N) is 2. The standard InChI is InChI=1S/C25H30N2O3/c1-4-26(18-20-10-7-6-8-11-20)23-22(21-14-12-19(3)13-15-21)24(28)27(25(23)29)16-9-17-30-5-2/h6-8,10-15H,4-5,9,16-18H2,1-3H3. The van der Waals surface area contributed by atoms with E-state index in [4.69, 9.17) is 4.74 Å². The third-order valence-electron chi connectivity index (χ3n) is 5.27. The van der Waals surface area contributed by atoms with E-state index in [2.05, 4.69) is 0 Å². The van der Waals surface area contributed by atoms with Gasteiger partial charge in [-0.2, -0.15) is 0 Å². The molecule has 5 heteroatoms. The highest BCUT2D eigenvalue weighted by Gasteiger charge is 2.40. The number of hydrogen-bond acceptors (Lipinski definition) is 4. The summed E-state index contributed by atoms with van der Waals surface area (Å²) < 4.78 is 5.39. The van der Waals surface area contributed by atoms with Crippen molar-refractivity contribution in [3.63, 3.8) is 0 Å². The molecule has 1 aliphatic heterocycles. The Hall–Kier alpha value is -2.92. The minimum Gasteiger partial charge on any atom is -0.382 e. The highest BCUT2D eigenvalue weighted by atomic mass is 16.5. The highest BCUT2D eigenvalue weighted by Crippen LogP contribution is 2.32. The second-order valence-electron chi connectivity index (χ2n) is 7.40. The second kappa shape index (κ2) is 10.2. The number of imide groups is 1. The van der Waals surface area contributed by atoms with E-state index in [0.717, 1.165) is 16.7 Å². The number of amides is 2. The van der Waals surface area contributed by atoms with Crippen LogP contribution in [-0.4, -0.2) is 47.9 Å². The molecule has 2 aromatic rings. The van der Waals surface area contributed by atoms with Gasteiger partial charge in [0.2, 0.25) is 0 Å². The number of carbonyl (C=O) groups excluding carboxylic acids is 2. The zero-order valence-corrected chi connectivity index (χ0v) is 18.1. The lowest BCUT2D eigenvalue weighted by molar-refractivity contribution is -0.137. The average molecular weight is 407 g/mol. The van der Waals surface area contributed by atoms with Crippen LogP contribution in [0.1, 0.15) is 37.0 Å². The normalized spacial score (nSPS) is 14.0. The Morgan fingerprint density at radius 2 is 1.63 bits per heavy atom. The molecule has 0 aliphatic carbocycles. The van der Waals surface area contributed by atoms with Crippen molar-refractivity contribution in [3.05, 3.63) is 77.0 Å². The Labute approximate surface area is 178 Å². The smallest absolute Gasteiger partial charge is 0.277 e. The predicted molar refractivity (Wildman–Crippen MR) is 118 cm³/mol. The third kappa shape index (κ3) is 4.79. The third-order valence-corrected chi connectivity index (χ3v) is 5.27. The zero-order chi connectivity index (χ0) is 21.5. The van der Waals surface area contributed by atoms with Crippen molar-refractivity contribution >= 4 is 17.4 Å². The van der Waals surface area contributed by atoms with E-state index in [9.17, 15) is 9.59 Å². The van der Waals surface area contributed by atoms with Gasteiger partial charge in [-0.1, -0.05) is 60.2 Å². The molecule has 5 nitrogen and oxygen atoms in total. The van der Waals surface area contributed by atoms with Crippen LogP contribution < -0.4 is 0 Å². The maximum Gasteiger partial charge on any atom is 0.277 e. The summed E-state index contributed by atoms with van der Waals surface area (Å²) >= 11 is 0. The number of hydrogen-bond donors (Lipinski definition) is 0.